The third-order valence-electron chi connectivity index (χ3n) is 3.34. The van der Waals surface area contributed by atoms with Crippen molar-refractivity contribution < 1.29 is 14.3 Å². The molecule has 21 heavy (non-hydrogen) atoms. The molecule has 1 aliphatic rings. The number of rotatable bonds is 4. The van der Waals surface area contributed by atoms with Crippen LogP contribution in [0.4, 0.5) is 11.4 Å². The van der Waals surface area contributed by atoms with Crippen molar-refractivity contribution in [2.24, 2.45) is 0 Å². The second-order valence-corrected chi connectivity index (χ2v) is 5.00. The summed E-state index contributed by atoms with van der Waals surface area (Å²) in [5, 5.41) is 8.77. The van der Waals surface area contributed by atoms with E-state index in [1.54, 1.807) is 13.0 Å². The highest BCUT2D eigenvalue weighted by Gasteiger charge is 2.21. The first-order chi connectivity index (χ1) is 10.1. The molecule has 114 valence electrons. The molecular weight excluding hydrogens is 270 g/mol. The Morgan fingerprint density at radius 1 is 1.38 bits per heavy atom. The highest BCUT2D eigenvalue weighted by molar-refractivity contribution is 5.97. The van der Waals surface area contributed by atoms with Gasteiger partial charge in [0.2, 0.25) is 11.8 Å². The monoisotopic (exact) mass is 291 g/mol. The largest absolute Gasteiger partial charge is 0.378 e. The lowest BCUT2D eigenvalue weighted by Gasteiger charge is -2.23. The maximum absolute atomic E-state index is 12.2. The molecule has 1 aliphatic heterocycles. The van der Waals surface area contributed by atoms with E-state index in [1.807, 2.05) is 19.1 Å². The Labute approximate surface area is 124 Å². The number of hydrogen-bond acceptors (Lipinski definition) is 4. The van der Waals surface area contributed by atoms with E-state index in [0.29, 0.717) is 37.6 Å². The van der Waals surface area contributed by atoms with Gasteiger partial charge in [-0.15, -0.1) is 0 Å². The molecule has 0 aromatic heterocycles. The molecule has 2 rings (SSSR count). The van der Waals surface area contributed by atoms with Crippen LogP contribution in [0.2, 0.25) is 0 Å². The van der Waals surface area contributed by atoms with E-state index in [1.165, 1.54) is 0 Å². The van der Waals surface area contributed by atoms with Crippen LogP contribution in [0.1, 0.15) is 18.9 Å². The Balaban J connectivity index is 2.05. The van der Waals surface area contributed by atoms with Crippen LogP contribution in [0.5, 0.6) is 0 Å². The predicted octanol–water partition coefficient (Wildman–Crippen LogP) is 1.27. The second kappa shape index (κ2) is 7.19. The van der Waals surface area contributed by atoms with Crippen LogP contribution < -0.4 is 16.0 Å². The zero-order valence-corrected chi connectivity index (χ0v) is 12.4. The molecule has 6 nitrogen and oxygen atoms in total. The molecule has 3 N–H and O–H groups in total. The summed E-state index contributed by atoms with van der Waals surface area (Å²) in [7, 11) is 0. The lowest BCUT2D eigenvalue weighted by Crippen LogP contribution is -2.48. The van der Waals surface area contributed by atoms with Crippen molar-refractivity contribution in [3.8, 4) is 0 Å². The van der Waals surface area contributed by atoms with Gasteiger partial charge < -0.3 is 20.7 Å². The average Bonchev–Trinajstić information content (AvgIpc) is 2.51. The molecule has 1 heterocycles. The van der Waals surface area contributed by atoms with Crippen molar-refractivity contribution in [2.75, 3.05) is 30.4 Å². The fraction of sp³-hybridized carbons (Fsp3) is 0.467. The van der Waals surface area contributed by atoms with Crippen LogP contribution in [0.25, 0.3) is 0 Å². The Morgan fingerprint density at radius 2 is 2.19 bits per heavy atom. The van der Waals surface area contributed by atoms with E-state index in [9.17, 15) is 9.59 Å². The number of anilines is 2. The molecule has 0 radical (unpaired) electrons. The zero-order valence-electron chi connectivity index (χ0n) is 12.4. The van der Waals surface area contributed by atoms with Gasteiger partial charge in [-0.2, -0.15) is 0 Å². The van der Waals surface area contributed by atoms with Crippen molar-refractivity contribution in [1.82, 2.24) is 5.32 Å². The molecule has 0 spiro atoms. The summed E-state index contributed by atoms with van der Waals surface area (Å²) >= 11 is 0. The van der Waals surface area contributed by atoms with Crippen molar-refractivity contribution in [1.29, 1.82) is 0 Å². The van der Waals surface area contributed by atoms with E-state index in [4.69, 9.17) is 4.74 Å². The van der Waals surface area contributed by atoms with Gasteiger partial charge in [0.1, 0.15) is 6.04 Å². The van der Waals surface area contributed by atoms with Gasteiger partial charge in [0.25, 0.3) is 0 Å². The summed E-state index contributed by atoms with van der Waals surface area (Å²) < 4.78 is 5.28. The van der Waals surface area contributed by atoms with Gasteiger partial charge in [-0.05, 0) is 24.6 Å². The normalized spacial score (nSPS) is 18.1. The van der Waals surface area contributed by atoms with Crippen molar-refractivity contribution in [2.45, 2.75) is 26.3 Å². The first kappa shape index (κ1) is 15.5. The molecule has 6 heteroatoms. The van der Waals surface area contributed by atoms with Gasteiger partial charge in [-0.3, -0.25) is 9.59 Å². The summed E-state index contributed by atoms with van der Waals surface area (Å²) in [6.07, 6.45) is 0.416. The molecule has 0 aliphatic carbocycles. The van der Waals surface area contributed by atoms with Gasteiger partial charge >= 0.3 is 0 Å². The Kier molecular flexibility index (Phi) is 5.30. The lowest BCUT2D eigenvalue weighted by molar-refractivity contribution is -0.120. The first-order valence-corrected chi connectivity index (χ1v) is 7.12. The summed E-state index contributed by atoms with van der Waals surface area (Å²) in [6.45, 7) is 5.37. The molecular formula is C15H21N3O3. The summed E-state index contributed by atoms with van der Waals surface area (Å²) in [6, 6.07) is 5.11. The number of ether oxygens (including phenoxy) is 1. The van der Waals surface area contributed by atoms with Crippen LogP contribution in [0.3, 0.4) is 0 Å². The Hall–Kier alpha value is -1.92. The van der Waals surface area contributed by atoms with Gasteiger partial charge in [0.05, 0.1) is 13.2 Å². The summed E-state index contributed by atoms with van der Waals surface area (Å²) in [4.78, 5) is 23.6. The van der Waals surface area contributed by atoms with Gasteiger partial charge in [-0.1, -0.05) is 13.0 Å². The minimum absolute atomic E-state index is 0.0570. The van der Waals surface area contributed by atoms with E-state index in [2.05, 4.69) is 16.0 Å². The minimum Gasteiger partial charge on any atom is -0.378 e. The number of carbonyl (C=O) groups is 2. The van der Waals surface area contributed by atoms with Crippen molar-refractivity contribution in [3.05, 3.63) is 23.8 Å². The predicted molar refractivity (Wildman–Crippen MR) is 81.3 cm³/mol. The molecule has 1 aromatic rings. The maximum atomic E-state index is 12.2. The van der Waals surface area contributed by atoms with Crippen LogP contribution in [-0.2, 0) is 14.3 Å². The average molecular weight is 291 g/mol. The summed E-state index contributed by atoms with van der Waals surface area (Å²) in [5.41, 5.74) is 2.31. The number of carbonyl (C=O) groups excluding carboxylic acids is 2. The van der Waals surface area contributed by atoms with E-state index in [-0.39, 0.29) is 17.9 Å². The number of nitrogens with one attached hydrogen (secondary N) is 3. The van der Waals surface area contributed by atoms with Gasteiger partial charge in [0.15, 0.2) is 0 Å². The molecule has 1 saturated heterocycles. The van der Waals surface area contributed by atoms with E-state index in [0.717, 1.165) is 5.56 Å². The maximum Gasteiger partial charge on any atom is 0.243 e. The van der Waals surface area contributed by atoms with E-state index >= 15 is 0 Å². The Bertz CT molecular complexity index is 525. The highest BCUT2D eigenvalue weighted by atomic mass is 16.5. The third-order valence-corrected chi connectivity index (χ3v) is 3.34. The molecule has 0 saturated carbocycles. The first-order valence-electron chi connectivity index (χ1n) is 7.12. The van der Waals surface area contributed by atoms with Crippen LogP contribution in [-0.4, -0.2) is 37.6 Å². The van der Waals surface area contributed by atoms with Crippen molar-refractivity contribution in [3.63, 3.8) is 0 Å². The summed E-state index contributed by atoms with van der Waals surface area (Å²) in [5.74, 6) is -0.185. The molecule has 2 amide bonds. The minimum atomic E-state index is -0.341. The third kappa shape index (κ3) is 4.27. The van der Waals surface area contributed by atoms with Crippen LogP contribution in [0, 0.1) is 6.92 Å². The SMILES string of the molecule is CCC(=O)Nc1ccc(C)c(NC(=O)C2COCCN2)c1. The van der Waals surface area contributed by atoms with Gasteiger partial charge in [-0.25, -0.2) is 0 Å². The fourth-order valence-corrected chi connectivity index (χ4v) is 2.04. The number of morpholine rings is 1. The molecule has 0 bridgehead atoms. The number of hydrogen-bond donors (Lipinski definition) is 3. The number of aryl methyl sites for hydroxylation is 1. The second-order valence-electron chi connectivity index (χ2n) is 5.00. The number of amides is 2. The van der Waals surface area contributed by atoms with Crippen LogP contribution in [0.15, 0.2) is 18.2 Å². The fourth-order valence-electron chi connectivity index (χ4n) is 2.04. The van der Waals surface area contributed by atoms with Crippen molar-refractivity contribution >= 4 is 23.2 Å². The number of benzene rings is 1. The zero-order chi connectivity index (χ0) is 15.2. The van der Waals surface area contributed by atoms with Gasteiger partial charge in [0, 0.05) is 24.3 Å². The Morgan fingerprint density at radius 3 is 2.86 bits per heavy atom. The standard InChI is InChI=1S/C15H21N3O3/c1-3-14(19)17-11-5-4-10(2)12(8-11)18-15(20)13-9-21-7-6-16-13/h4-5,8,13,16H,3,6-7,9H2,1-2H3,(H,17,19)(H,18,20). The smallest absolute Gasteiger partial charge is 0.243 e. The highest BCUT2D eigenvalue weighted by Crippen LogP contribution is 2.20. The topological polar surface area (TPSA) is 79.5 Å². The molecule has 1 aromatic carbocycles. The molecule has 1 atom stereocenters. The molecule has 1 unspecified atom stereocenters. The quantitative estimate of drug-likeness (QED) is 0.780. The molecule has 1 fully saturated rings. The lowest BCUT2D eigenvalue weighted by atomic mass is 10.1. The van der Waals surface area contributed by atoms with Crippen LogP contribution >= 0.6 is 0 Å². The van der Waals surface area contributed by atoms with E-state index < -0.39 is 0 Å².